The van der Waals surface area contributed by atoms with Gasteiger partial charge in [-0.15, -0.1) is 0 Å². The molecule has 0 atom stereocenters. The van der Waals surface area contributed by atoms with Gasteiger partial charge in [-0.3, -0.25) is 0 Å². The molecule has 2 aromatic heterocycles. The molecule has 0 aliphatic carbocycles. The third-order valence-corrected chi connectivity index (χ3v) is 4.29. The van der Waals surface area contributed by atoms with Crippen molar-refractivity contribution in [3.63, 3.8) is 0 Å². The number of nitrogens with zero attached hydrogens (tertiary/aromatic N) is 2. The number of rotatable bonds is 2. The second kappa shape index (κ2) is 5.44. The SMILES string of the molecule is Cc1cc(-n2cccc2)cc2nc(-c3cc(Cl)ccc3Cl)oc12. The van der Waals surface area contributed by atoms with E-state index in [2.05, 4.69) is 11.1 Å². The highest BCUT2D eigenvalue weighted by molar-refractivity contribution is 6.35. The van der Waals surface area contributed by atoms with E-state index in [1.807, 2.05) is 42.1 Å². The standard InChI is InChI=1S/C18H12Cl2N2O/c1-11-8-13(22-6-2-3-7-22)10-16-17(11)23-18(21-16)14-9-12(19)4-5-15(14)20/h2-10H,1H3. The van der Waals surface area contributed by atoms with Gasteiger partial charge < -0.3 is 8.98 Å². The molecule has 0 unspecified atom stereocenters. The van der Waals surface area contributed by atoms with Crippen LogP contribution >= 0.6 is 23.2 Å². The molecule has 0 spiro atoms. The fourth-order valence-corrected chi connectivity index (χ4v) is 2.98. The van der Waals surface area contributed by atoms with Gasteiger partial charge in [0.25, 0.3) is 0 Å². The summed E-state index contributed by atoms with van der Waals surface area (Å²) in [4.78, 5) is 4.59. The van der Waals surface area contributed by atoms with E-state index < -0.39 is 0 Å². The summed E-state index contributed by atoms with van der Waals surface area (Å²) in [5, 5.41) is 1.15. The Kier molecular flexibility index (Phi) is 3.40. The maximum atomic E-state index is 6.25. The molecule has 114 valence electrons. The Morgan fingerprint density at radius 3 is 2.61 bits per heavy atom. The van der Waals surface area contributed by atoms with Crippen molar-refractivity contribution in [3.05, 3.63) is 70.5 Å². The third kappa shape index (κ3) is 2.52. The molecule has 3 nitrogen and oxygen atoms in total. The van der Waals surface area contributed by atoms with Crippen LogP contribution in [0.1, 0.15) is 5.56 Å². The lowest BCUT2D eigenvalue weighted by Gasteiger charge is -2.03. The van der Waals surface area contributed by atoms with Crippen molar-refractivity contribution in [3.8, 4) is 17.1 Å². The number of benzene rings is 2. The van der Waals surface area contributed by atoms with E-state index in [4.69, 9.17) is 27.6 Å². The Morgan fingerprint density at radius 2 is 1.83 bits per heavy atom. The maximum absolute atomic E-state index is 6.25. The van der Waals surface area contributed by atoms with Gasteiger partial charge in [0.1, 0.15) is 5.52 Å². The highest BCUT2D eigenvalue weighted by Crippen LogP contribution is 2.33. The summed E-state index contributed by atoms with van der Waals surface area (Å²) < 4.78 is 7.96. The quantitative estimate of drug-likeness (QED) is 0.454. The van der Waals surface area contributed by atoms with Gasteiger partial charge in [0.15, 0.2) is 5.58 Å². The predicted molar refractivity (Wildman–Crippen MR) is 93.5 cm³/mol. The van der Waals surface area contributed by atoms with Crippen LogP contribution in [0.2, 0.25) is 10.0 Å². The van der Waals surface area contributed by atoms with E-state index >= 15 is 0 Å². The summed E-state index contributed by atoms with van der Waals surface area (Å²) in [7, 11) is 0. The zero-order chi connectivity index (χ0) is 16.0. The van der Waals surface area contributed by atoms with Crippen molar-refractivity contribution < 1.29 is 4.42 Å². The minimum atomic E-state index is 0.472. The molecular formula is C18H12Cl2N2O. The minimum Gasteiger partial charge on any atom is -0.436 e. The van der Waals surface area contributed by atoms with Crippen LogP contribution in [0.3, 0.4) is 0 Å². The van der Waals surface area contributed by atoms with E-state index in [1.165, 1.54) is 0 Å². The van der Waals surface area contributed by atoms with E-state index in [-0.39, 0.29) is 0 Å². The predicted octanol–water partition coefficient (Wildman–Crippen LogP) is 5.90. The van der Waals surface area contributed by atoms with Crippen LogP contribution in [0.4, 0.5) is 0 Å². The molecule has 2 heterocycles. The van der Waals surface area contributed by atoms with Crippen molar-refractivity contribution in [1.29, 1.82) is 0 Å². The first kappa shape index (κ1) is 14.4. The minimum absolute atomic E-state index is 0.472. The first-order chi connectivity index (χ1) is 11.1. The van der Waals surface area contributed by atoms with Gasteiger partial charge in [0.2, 0.25) is 5.89 Å². The molecule has 0 aliphatic rings. The largest absolute Gasteiger partial charge is 0.436 e. The van der Waals surface area contributed by atoms with Gasteiger partial charge in [-0.1, -0.05) is 23.2 Å². The Hall–Kier alpha value is -2.23. The summed E-state index contributed by atoms with van der Waals surface area (Å²) in [6, 6.07) is 13.3. The van der Waals surface area contributed by atoms with Crippen LogP contribution in [0, 0.1) is 6.92 Å². The summed E-state index contributed by atoms with van der Waals surface area (Å²) in [6.45, 7) is 2.00. The molecule has 0 radical (unpaired) electrons. The zero-order valence-corrected chi connectivity index (χ0v) is 13.8. The molecule has 0 N–H and O–H groups in total. The van der Waals surface area contributed by atoms with E-state index in [9.17, 15) is 0 Å². The average molecular weight is 343 g/mol. The summed E-state index contributed by atoms with van der Waals surface area (Å²) in [5.41, 5.74) is 4.30. The van der Waals surface area contributed by atoms with Crippen molar-refractivity contribution in [2.45, 2.75) is 6.92 Å². The molecule has 0 amide bonds. The Morgan fingerprint density at radius 1 is 1.04 bits per heavy atom. The normalized spacial score (nSPS) is 11.3. The van der Waals surface area contributed by atoms with Crippen LogP contribution in [-0.4, -0.2) is 9.55 Å². The smallest absolute Gasteiger partial charge is 0.228 e. The van der Waals surface area contributed by atoms with Crippen molar-refractivity contribution in [2.24, 2.45) is 0 Å². The molecule has 0 bridgehead atoms. The molecule has 0 saturated carbocycles. The second-order valence-electron chi connectivity index (χ2n) is 5.34. The number of aromatic nitrogens is 2. The molecule has 4 aromatic rings. The fraction of sp³-hybridized carbons (Fsp3) is 0.0556. The van der Waals surface area contributed by atoms with Crippen LogP contribution < -0.4 is 0 Å². The van der Waals surface area contributed by atoms with Crippen LogP contribution in [0.25, 0.3) is 28.2 Å². The Labute approximate surface area is 143 Å². The van der Waals surface area contributed by atoms with Gasteiger partial charge in [0.05, 0.1) is 10.6 Å². The van der Waals surface area contributed by atoms with E-state index in [0.717, 1.165) is 22.4 Å². The average Bonchev–Trinajstić information content (AvgIpc) is 3.18. The monoisotopic (exact) mass is 342 g/mol. The first-order valence-corrected chi connectivity index (χ1v) is 7.87. The van der Waals surface area contributed by atoms with Gasteiger partial charge >= 0.3 is 0 Å². The number of halogens is 2. The summed E-state index contributed by atoms with van der Waals surface area (Å²) >= 11 is 12.3. The number of fused-ring (bicyclic) bond motifs is 1. The lowest BCUT2D eigenvalue weighted by molar-refractivity contribution is 0.617. The van der Waals surface area contributed by atoms with Crippen molar-refractivity contribution in [1.82, 2.24) is 9.55 Å². The van der Waals surface area contributed by atoms with Gasteiger partial charge in [-0.05, 0) is 55.0 Å². The third-order valence-electron chi connectivity index (χ3n) is 3.72. The fourth-order valence-electron chi connectivity index (χ4n) is 2.61. The topological polar surface area (TPSA) is 31.0 Å². The Balaban J connectivity index is 1.91. The number of aryl methyl sites for hydroxylation is 1. The molecule has 0 fully saturated rings. The van der Waals surface area contributed by atoms with E-state index in [1.54, 1.807) is 18.2 Å². The number of oxazole rings is 1. The molecule has 23 heavy (non-hydrogen) atoms. The van der Waals surface area contributed by atoms with Gasteiger partial charge in [-0.25, -0.2) is 4.98 Å². The highest BCUT2D eigenvalue weighted by atomic mass is 35.5. The molecule has 4 rings (SSSR count). The molecule has 0 saturated heterocycles. The zero-order valence-electron chi connectivity index (χ0n) is 12.3. The lowest BCUT2D eigenvalue weighted by Crippen LogP contribution is -1.90. The summed E-state index contributed by atoms with van der Waals surface area (Å²) in [5.74, 6) is 0.472. The molecule has 2 aromatic carbocycles. The summed E-state index contributed by atoms with van der Waals surface area (Å²) in [6.07, 6.45) is 3.99. The number of hydrogen-bond acceptors (Lipinski definition) is 2. The lowest BCUT2D eigenvalue weighted by atomic mass is 10.2. The first-order valence-electron chi connectivity index (χ1n) is 7.12. The Bertz CT molecular complexity index is 1000. The van der Waals surface area contributed by atoms with Crippen LogP contribution in [0.15, 0.2) is 59.3 Å². The van der Waals surface area contributed by atoms with Crippen molar-refractivity contribution in [2.75, 3.05) is 0 Å². The van der Waals surface area contributed by atoms with Gasteiger partial charge in [-0.2, -0.15) is 0 Å². The highest BCUT2D eigenvalue weighted by Gasteiger charge is 2.14. The van der Waals surface area contributed by atoms with Gasteiger partial charge in [0, 0.05) is 23.1 Å². The molecular weight excluding hydrogens is 331 g/mol. The van der Waals surface area contributed by atoms with E-state index in [0.29, 0.717) is 21.5 Å². The molecule has 5 heteroatoms. The van der Waals surface area contributed by atoms with Crippen LogP contribution in [0.5, 0.6) is 0 Å². The van der Waals surface area contributed by atoms with Crippen molar-refractivity contribution >= 4 is 34.3 Å². The second-order valence-corrected chi connectivity index (χ2v) is 6.19. The number of hydrogen-bond donors (Lipinski definition) is 0. The maximum Gasteiger partial charge on any atom is 0.228 e. The van der Waals surface area contributed by atoms with Crippen LogP contribution in [-0.2, 0) is 0 Å². The molecule has 0 aliphatic heterocycles.